The standard InChI is InChI=1S/C24H20N2O2/c1-17-8-10-18(11-9-17)16-22-23(19-12-14-21(28-2)15-13-19)25-26(24(22)27)20-6-4-3-5-7-20/h3-16H,1-2H3. The van der Waals surface area contributed by atoms with Crippen molar-refractivity contribution in [2.45, 2.75) is 6.92 Å². The molecule has 3 aromatic rings. The molecule has 4 nitrogen and oxygen atoms in total. The summed E-state index contributed by atoms with van der Waals surface area (Å²) in [6, 6.07) is 25.1. The fraction of sp³-hybridized carbons (Fsp3) is 0.0833. The first-order valence-corrected chi connectivity index (χ1v) is 9.07. The quantitative estimate of drug-likeness (QED) is 0.619. The highest BCUT2D eigenvalue weighted by atomic mass is 16.5. The van der Waals surface area contributed by atoms with E-state index in [9.17, 15) is 4.79 Å². The van der Waals surface area contributed by atoms with Gasteiger partial charge in [-0.05, 0) is 55.0 Å². The second-order valence-corrected chi connectivity index (χ2v) is 6.60. The molecule has 0 radical (unpaired) electrons. The Bertz CT molecular complexity index is 1050. The molecule has 0 fully saturated rings. The van der Waals surface area contributed by atoms with Gasteiger partial charge in [-0.25, -0.2) is 0 Å². The molecule has 0 aliphatic carbocycles. The van der Waals surface area contributed by atoms with Crippen LogP contribution in [-0.4, -0.2) is 18.7 Å². The topological polar surface area (TPSA) is 41.9 Å². The molecule has 4 rings (SSSR count). The van der Waals surface area contributed by atoms with Gasteiger partial charge >= 0.3 is 0 Å². The van der Waals surface area contributed by atoms with E-state index < -0.39 is 0 Å². The minimum Gasteiger partial charge on any atom is -0.497 e. The number of carbonyl (C=O) groups is 1. The van der Waals surface area contributed by atoms with Crippen LogP contribution in [0.2, 0.25) is 0 Å². The van der Waals surface area contributed by atoms with Gasteiger partial charge in [-0.3, -0.25) is 4.79 Å². The average molecular weight is 368 g/mol. The van der Waals surface area contributed by atoms with Crippen LogP contribution in [0.3, 0.4) is 0 Å². The van der Waals surface area contributed by atoms with Gasteiger partial charge in [-0.1, -0.05) is 48.0 Å². The summed E-state index contributed by atoms with van der Waals surface area (Å²) in [5.74, 6) is 0.621. The van der Waals surface area contributed by atoms with E-state index in [-0.39, 0.29) is 5.91 Å². The van der Waals surface area contributed by atoms with Gasteiger partial charge in [-0.15, -0.1) is 0 Å². The summed E-state index contributed by atoms with van der Waals surface area (Å²) in [5, 5.41) is 6.11. The molecule has 1 aliphatic rings. The van der Waals surface area contributed by atoms with Crippen LogP contribution < -0.4 is 9.75 Å². The number of ether oxygens (including phenoxy) is 1. The minimum atomic E-state index is -0.141. The van der Waals surface area contributed by atoms with E-state index in [1.54, 1.807) is 7.11 Å². The molecule has 28 heavy (non-hydrogen) atoms. The average Bonchev–Trinajstić information content (AvgIpc) is 3.06. The normalized spacial score (nSPS) is 15.1. The molecule has 1 heterocycles. The molecule has 0 saturated carbocycles. The molecular formula is C24H20N2O2. The molecule has 1 aliphatic heterocycles. The maximum atomic E-state index is 13.2. The van der Waals surface area contributed by atoms with Gasteiger partial charge in [0.05, 0.1) is 18.4 Å². The predicted octanol–water partition coefficient (Wildman–Crippen LogP) is 4.84. The van der Waals surface area contributed by atoms with Gasteiger partial charge in [-0.2, -0.15) is 10.1 Å². The number of hydrazone groups is 1. The first-order chi connectivity index (χ1) is 13.7. The minimum absolute atomic E-state index is 0.141. The number of hydrogen-bond acceptors (Lipinski definition) is 3. The number of nitrogens with zero attached hydrogens (tertiary/aromatic N) is 2. The van der Waals surface area contributed by atoms with Gasteiger partial charge in [0, 0.05) is 5.56 Å². The number of rotatable bonds is 4. The van der Waals surface area contributed by atoms with E-state index in [4.69, 9.17) is 4.74 Å². The molecule has 0 N–H and O–H groups in total. The summed E-state index contributed by atoms with van der Waals surface area (Å²) in [4.78, 5) is 13.2. The van der Waals surface area contributed by atoms with Gasteiger partial charge in [0.25, 0.3) is 5.91 Å². The Balaban J connectivity index is 1.80. The highest BCUT2D eigenvalue weighted by Gasteiger charge is 2.31. The van der Waals surface area contributed by atoms with Crippen molar-refractivity contribution >= 4 is 23.4 Å². The summed E-state index contributed by atoms with van der Waals surface area (Å²) >= 11 is 0. The van der Waals surface area contributed by atoms with Crippen LogP contribution in [0.1, 0.15) is 16.7 Å². The van der Waals surface area contributed by atoms with Crippen LogP contribution >= 0.6 is 0 Å². The Morgan fingerprint density at radius 1 is 0.893 bits per heavy atom. The summed E-state index contributed by atoms with van der Waals surface area (Å²) in [6.45, 7) is 2.04. The fourth-order valence-electron chi connectivity index (χ4n) is 3.08. The van der Waals surface area contributed by atoms with Crippen molar-refractivity contribution in [2.75, 3.05) is 12.1 Å². The van der Waals surface area contributed by atoms with E-state index >= 15 is 0 Å². The summed E-state index contributed by atoms with van der Waals surface area (Å²) < 4.78 is 5.25. The predicted molar refractivity (Wildman–Crippen MR) is 113 cm³/mol. The SMILES string of the molecule is COc1ccc(C2=NN(c3ccccc3)C(=O)C2=Cc2ccc(C)cc2)cc1. The zero-order valence-corrected chi connectivity index (χ0v) is 15.8. The van der Waals surface area contributed by atoms with E-state index in [0.29, 0.717) is 11.3 Å². The molecule has 0 saturated heterocycles. The number of amides is 1. The molecule has 0 unspecified atom stereocenters. The molecule has 1 amide bonds. The summed E-state index contributed by atoms with van der Waals surface area (Å²) in [5.41, 5.74) is 4.96. The smallest absolute Gasteiger partial charge is 0.281 e. The Morgan fingerprint density at radius 3 is 2.21 bits per heavy atom. The number of hydrogen-bond donors (Lipinski definition) is 0. The Morgan fingerprint density at radius 2 is 1.57 bits per heavy atom. The molecule has 0 bridgehead atoms. The van der Waals surface area contributed by atoms with Crippen molar-refractivity contribution in [1.82, 2.24) is 0 Å². The second kappa shape index (κ2) is 7.53. The lowest BCUT2D eigenvalue weighted by molar-refractivity contribution is -0.114. The summed E-state index contributed by atoms with van der Waals surface area (Å²) in [6.07, 6.45) is 1.90. The van der Waals surface area contributed by atoms with E-state index in [1.807, 2.05) is 91.9 Å². The lowest BCUT2D eigenvalue weighted by Crippen LogP contribution is -2.21. The zero-order chi connectivity index (χ0) is 19.5. The van der Waals surface area contributed by atoms with Crippen LogP contribution in [0.4, 0.5) is 5.69 Å². The van der Waals surface area contributed by atoms with Gasteiger partial charge in [0.2, 0.25) is 0 Å². The largest absolute Gasteiger partial charge is 0.497 e. The third-order valence-electron chi connectivity index (χ3n) is 4.63. The van der Waals surface area contributed by atoms with Crippen molar-refractivity contribution in [1.29, 1.82) is 0 Å². The van der Waals surface area contributed by atoms with Crippen molar-refractivity contribution in [3.05, 3.63) is 101 Å². The fourth-order valence-corrected chi connectivity index (χ4v) is 3.08. The number of methoxy groups -OCH3 is 1. The Hall–Kier alpha value is -3.66. The number of aryl methyl sites for hydroxylation is 1. The number of benzene rings is 3. The van der Waals surface area contributed by atoms with E-state index in [0.717, 1.165) is 22.6 Å². The maximum Gasteiger partial charge on any atom is 0.281 e. The molecule has 0 spiro atoms. The molecule has 0 atom stereocenters. The molecule has 3 aromatic carbocycles. The van der Waals surface area contributed by atoms with Crippen molar-refractivity contribution < 1.29 is 9.53 Å². The molecular weight excluding hydrogens is 348 g/mol. The maximum absolute atomic E-state index is 13.2. The highest BCUT2D eigenvalue weighted by Crippen LogP contribution is 2.28. The summed E-state index contributed by atoms with van der Waals surface area (Å²) in [7, 11) is 1.63. The van der Waals surface area contributed by atoms with Crippen LogP contribution in [0.15, 0.2) is 89.5 Å². The lowest BCUT2D eigenvalue weighted by atomic mass is 10.00. The zero-order valence-electron chi connectivity index (χ0n) is 15.8. The lowest BCUT2D eigenvalue weighted by Gasteiger charge is -2.10. The van der Waals surface area contributed by atoms with E-state index in [2.05, 4.69) is 5.10 Å². The third-order valence-corrected chi connectivity index (χ3v) is 4.63. The molecule has 4 heteroatoms. The van der Waals surface area contributed by atoms with Gasteiger partial charge in [0.1, 0.15) is 11.5 Å². The second-order valence-electron chi connectivity index (χ2n) is 6.60. The van der Waals surface area contributed by atoms with Crippen LogP contribution in [0.5, 0.6) is 5.75 Å². The number of para-hydroxylation sites is 1. The number of carbonyl (C=O) groups excluding carboxylic acids is 1. The Labute approximate surface area is 164 Å². The molecule has 138 valence electrons. The first kappa shape index (κ1) is 17.7. The van der Waals surface area contributed by atoms with Gasteiger partial charge < -0.3 is 4.74 Å². The van der Waals surface area contributed by atoms with Crippen LogP contribution in [-0.2, 0) is 4.79 Å². The van der Waals surface area contributed by atoms with E-state index in [1.165, 1.54) is 10.6 Å². The van der Waals surface area contributed by atoms with Crippen LogP contribution in [0.25, 0.3) is 6.08 Å². The van der Waals surface area contributed by atoms with Crippen molar-refractivity contribution in [2.24, 2.45) is 5.10 Å². The molecule has 0 aromatic heterocycles. The van der Waals surface area contributed by atoms with Gasteiger partial charge in [0.15, 0.2) is 0 Å². The number of anilines is 1. The first-order valence-electron chi connectivity index (χ1n) is 9.07. The monoisotopic (exact) mass is 368 g/mol. The van der Waals surface area contributed by atoms with Crippen molar-refractivity contribution in [3.8, 4) is 5.75 Å². The Kier molecular flexibility index (Phi) is 4.77. The van der Waals surface area contributed by atoms with Crippen LogP contribution in [0, 0.1) is 6.92 Å². The van der Waals surface area contributed by atoms with Crippen molar-refractivity contribution in [3.63, 3.8) is 0 Å². The highest BCUT2D eigenvalue weighted by molar-refractivity contribution is 6.37. The third kappa shape index (κ3) is 3.45.